The number of fused-ring (bicyclic) bond motifs is 3. The van der Waals surface area contributed by atoms with E-state index in [1.807, 2.05) is 31.4 Å². The molecule has 2 heterocycles. The number of hydrogen-bond acceptors (Lipinski definition) is 4. The molecule has 0 fully saturated rings. The number of anilines is 2. The van der Waals surface area contributed by atoms with Gasteiger partial charge in [-0.3, -0.25) is 9.89 Å². The Morgan fingerprint density at radius 1 is 1.55 bits per heavy atom. The number of benzene rings is 1. The third-order valence-corrected chi connectivity index (χ3v) is 3.77. The van der Waals surface area contributed by atoms with E-state index in [0.717, 1.165) is 42.3 Å². The van der Waals surface area contributed by atoms with Crippen molar-refractivity contribution in [2.45, 2.75) is 6.54 Å². The molecule has 1 aromatic heterocycles. The molecule has 0 saturated heterocycles. The second kappa shape index (κ2) is 6.03. The number of hydrogen-bond donors (Lipinski definition) is 3. The summed E-state index contributed by atoms with van der Waals surface area (Å²) < 4.78 is 0. The minimum atomic E-state index is -0.209. The lowest BCUT2D eigenvalue weighted by Crippen LogP contribution is -2.32. The lowest BCUT2D eigenvalue weighted by Gasteiger charge is -2.31. The molecule has 6 heteroatoms. The Hall–Kier alpha value is -2.60. The van der Waals surface area contributed by atoms with Crippen LogP contribution in [0.3, 0.4) is 0 Å². The molecule has 1 aromatic carbocycles. The first-order chi connectivity index (χ1) is 10.7. The number of rotatable bonds is 5. The van der Waals surface area contributed by atoms with Crippen LogP contribution >= 0.6 is 0 Å². The molecule has 0 unspecified atom stereocenters. The summed E-state index contributed by atoms with van der Waals surface area (Å²) in [7, 11) is 1.94. The van der Waals surface area contributed by atoms with Crippen molar-refractivity contribution >= 4 is 17.3 Å². The smallest absolute Gasteiger partial charge is 0.247 e. The standard InChI is InChI=1S/C16H19N5O/c1-3-15(22)19-12-4-5-13-14(8-12)21(7-6-17-2)10-11-9-18-20-16(11)13/h3-5,8-9,17H,1,6-7,10H2,2H3,(H,18,20)(H,19,22). The van der Waals surface area contributed by atoms with Gasteiger partial charge in [-0.05, 0) is 31.3 Å². The molecular weight excluding hydrogens is 278 g/mol. The molecular formula is C16H19N5O. The Balaban J connectivity index is 1.98. The molecule has 22 heavy (non-hydrogen) atoms. The van der Waals surface area contributed by atoms with Crippen molar-refractivity contribution in [3.05, 3.63) is 42.6 Å². The molecule has 3 N–H and O–H groups in total. The van der Waals surface area contributed by atoms with Gasteiger partial charge in [0.1, 0.15) is 0 Å². The second-order valence-corrected chi connectivity index (χ2v) is 5.22. The van der Waals surface area contributed by atoms with E-state index in [2.05, 4.69) is 32.3 Å². The Labute approximate surface area is 129 Å². The van der Waals surface area contributed by atoms with Gasteiger partial charge in [-0.15, -0.1) is 0 Å². The molecule has 2 aromatic rings. The number of likely N-dealkylation sites (N-methyl/N-ethyl adjacent to an activating group) is 1. The van der Waals surface area contributed by atoms with Crippen LogP contribution in [0.5, 0.6) is 0 Å². The van der Waals surface area contributed by atoms with Crippen LogP contribution in [0.4, 0.5) is 11.4 Å². The number of nitrogens with zero attached hydrogens (tertiary/aromatic N) is 2. The number of H-pyrrole nitrogens is 1. The van der Waals surface area contributed by atoms with Gasteiger partial charge >= 0.3 is 0 Å². The zero-order valence-corrected chi connectivity index (χ0v) is 12.5. The Bertz CT molecular complexity index is 706. The zero-order valence-electron chi connectivity index (χ0n) is 12.5. The van der Waals surface area contributed by atoms with Crippen LogP contribution in [0.2, 0.25) is 0 Å². The summed E-state index contributed by atoms with van der Waals surface area (Å²) in [5, 5.41) is 13.2. The van der Waals surface area contributed by atoms with E-state index in [-0.39, 0.29) is 5.91 Å². The molecule has 0 radical (unpaired) electrons. The molecule has 0 atom stereocenters. The molecule has 3 rings (SSSR count). The van der Waals surface area contributed by atoms with Gasteiger partial charge in [0.05, 0.1) is 11.9 Å². The summed E-state index contributed by atoms with van der Waals surface area (Å²) in [5.41, 5.74) is 5.20. The van der Waals surface area contributed by atoms with Crippen molar-refractivity contribution in [2.75, 3.05) is 30.4 Å². The van der Waals surface area contributed by atoms with E-state index in [1.54, 1.807) is 0 Å². The van der Waals surface area contributed by atoms with E-state index in [1.165, 1.54) is 11.6 Å². The van der Waals surface area contributed by atoms with E-state index >= 15 is 0 Å². The molecule has 0 spiro atoms. The predicted octanol–water partition coefficient (Wildman–Crippen LogP) is 1.74. The van der Waals surface area contributed by atoms with Crippen LogP contribution < -0.4 is 15.5 Å². The quantitative estimate of drug-likeness (QED) is 0.735. The van der Waals surface area contributed by atoms with E-state index < -0.39 is 0 Å². The van der Waals surface area contributed by atoms with E-state index in [4.69, 9.17) is 0 Å². The first-order valence-electron chi connectivity index (χ1n) is 7.22. The van der Waals surface area contributed by atoms with Crippen LogP contribution in [-0.2, 0) is 11.3 Å². The third-order valence-electron chi connectivity index (χ3n) is 3.77. The van der Waals surface area contributed by atoms with Crippen LogP contribution in [0.15, 0.2) is 37.1 Å². The summed E-state index contributed by atoms with van der Waals surface area (Å²) in [6.07, 6.45) is 3.14. The Morgan fingerprint density at radius 2 is 2.41 bits per heavy atom. The number of aromatic amines is 1. The van der Waals surface area contributed by atoms with Gasteiger partial charge in [0, 0.05) is 42.1 Å². The van der Waals surface area contributed by atoms with Crippen LogP contribution in [0, 0.1) is 0 Å². The van der Waals surface area contributed by atoms with Gasteiger partial charge in [0.25, 0.3) is 0 Å². The van der Waals surface area contributed by atoms with Gasteiger partial charge in [0.15, 0.2) is 0 Å². The normalized spacial score (nSPS) is 12.5. The Kier molecular flexibility index (Phi) is 3.93. The van der Waals surface area contributed by atoms with Crippen LogP contribution in [0.1, 0.15) is 5.56 Å². The van der Waals surface area contributed by atoms with Crippen molar-refractivity contribution in [3.8, 4) is 11.3 Å². The molecule has 1 aliphatic rings. The topological polar surface area (TPSA) is 73.1 Å². The number of amides is 1. The highest BCUT2D eigenvalue weighted by Crippen LogP contribution is 2.39. The summed E-state index contributed by atoms with van der Waals surface area (Å²) in [6, 6.07) is 5.90. The van der Waals surface area contributed by atoms with Gasteiger partial charge in [-0.1, -0.05) is 6.58 Å². The minimum Gasteiger partial charge on any atom is -0.365 e. The van der Waals surface area contributed by atoms with E-state index in [0.29, 0.717) is 0 Å². The number of nitrogens with one attached hydrogen (secondary N) is 3. The third kappa shape index (κ3) is 2.60. The van der Waals surface area contributed by atoms with E-state index in [9.17, 15) is 4.79 Å². The SMILES string of the molecule is C=CC(=O)Nc1ccc2c(c1)N(CCNC)Cc1cn[nH]c1-2. The second-order valence-electron chi connectivity index (χ2n) is 5.22. The average Bonchev–Trinajstić information content (AvgIpc) is 3.00. The summed E-state index contributed by atoms with van der Waals surface area (Å²) >= 11 is 0. The first-order valence-corrected chi connectivity index (χ1v) is 7.22. The fourth-order valence-corrected chi connectivity index (χ4v) is 2.68. The molecule has 6 nitrogen and oxygen atoms in total. The van der Waals surface area contributed by atoms with Gasteiger partial charge in [0.2, 0.25) is 5.91 Å². The fourth-order valence-electron chi connectivity index (χ4n) is 2.68. The van der Waals surface area contributed by atoms with Gasteiger partial charge in [-0.25, -0.2) is 0 Å². The summed E-state index contributed by atoms with van der Waals surface area (Å²) in [5.74, 6) is -0.209. The summed E-state index contributed by atoms with van der Waals surface area (Å²) in [6.45, 7) is 6.05. The first kappa shape index (κ1) is 14.3. The van der Waals surface area contributed by atoms with Crippen LogP contribution in [0.25, 0.3) is 11.3 Å². The number of aromatic nitrogens is 2. The number of carbonyl (C=O) groups excluding carboxylic acids is 1. The molecule has 0 saturated carbocycles. The molecule has 114 valence electrons. The summed E-state index contributed by atoms with van der Waals surface area (Å²) in [4.78, 5) is 13.8. The maximum Gasteiger partial charge on any atom is 0.247 e. The Morgan fingerprint density at radius 3 is 3.18 bits per heavy atom. The van der Waals surface area contributed by atoms with Gasteiger partial charge < -0.3 is 15.5 Å². The van der Waals surface area contributed by atoms with Crippen molar-refractivity contribution in [3.63, 3.8) is 0 Å². The maximum absolute atomic E-state index is 11.5. The van der Waals surface area contributed by atoms with Crippen LogP contribution in [-0.4, -0.2) is 36.2 Å². The lowest BCUT2D eigenvalue weighted by molar-refractivity contribution is -0.111. The largest absolute Gasteiger partial charge is 0.365 e. The number of carbonyl (C=O) groups is 1. The average molecular weight is 297 g/mol. The molecule has 0 bridgehead atoms. The zero-order chi connectivity index (χ0) is 15.5. The molecule has 0 aliphatic carbocycles. The highest BCUT2D eigenvalue weighted by Gasteiger charge is 2.23. The minimum absolute atomic E-state index is 0.209. The van der Waals surface area contributed by atoms with Gasteiger partial charge in [-0.2, -0.15) is 5.10 Å². The highest BCUT2D eigenvalue weighted by atomic mass is 16.1. The monoisotopic (exact) mass is 297 g/mol. The molecule has 1 aliphatic heterocycles. The maximum atomic E-state index is 11.5. The fraction of sp³-hybridized carbons (Fsp3) is 0.250. The predicted molar refractivity (Wildman–Crippen MR) is 87.8 cm³/mol. The highest BCUT2D eigenvalue weighted by molar-refractivity contribution is 5.99. The van der Waals surface area contributed by atoms with Crippen molar-refractivity contribution in [2.24, 2.45) is 0 Å². The van der Waals surface area contributed by atoms with Crippen molar-refractivity contribution in [1.82, 2.24) is 15.5 Å². The van der Waals surface area contributed by atoms with Crippen molar-refractivity contribution < 1.29 is 4.79 Å². The lowest BCUT2D eigenvalue weighted by atomic mass is 9.99. The molecule has 1 amide bonds. The van der Waals surface area contributed by atoms with Crippen molar-refractivity contribution in [1.29, 1.82) is 0 Å².